The monoisotopic (exact) mass is 252 g/mol. The van der Waals surface area contributed by atoms with Crippen LogP contribution in [0.1, 0.15) is 0 Å². The van der Waals surface area contributed by atoms with Crippen molar-refractivity contribution in [1.29, 1.82) is 0 Å². The van der Waals surface area contributed by atoms with Crippen LogP contribution in [0.25, 0.3) is 32.0 Å². The summed E-state index contributed by atoms with van der Waals surface area (Å²) in [5, 5.41) is 4.41. The quantitative estimate of drug-likeness (QED) is 0.440. The summed E-state index contributed by atoms with van der Waals surface area (Å²) >= 11 is 1.65. The fraction of sp³-hybridized carbons (Fsp3) is 0. The largest absolute Gasteiger partial charge is 0.456 e. The van der Waals surface area contributed by atoms with Gasteiger partial charge in [-0.3, -0.25) is 4.79 Å². The second-order valence-corrected chi connectivity index (χ2v) is 5.18. The minimum absolute atomic E-state index is 0.0416. The summed E-state index contributed by atoms with van der Waals surface area (Å²) in [5.74, 6) is 0. The van der Waals surface area contributed by atoms with Crippen molar-refractivity contribution in [3.63, 3.8) is 0 Å². The molecule has 0 atom stereocenters. The van der Waals surface area contributed by atoms with E-state index in [4.69, 9.17) is 4.42 Å². The average molecular weight is 252 g/mol. The first kappa shape index (κ1) is 9.85. The summed E-state index contributed by atoms with van der Waals surface area (Å²) in [6.45, 7) is 0. The second-order valence-electron chi connectivity index (χ2n) is 4.23. The van der Waals surface area contributed by atoms with Crippen molar-refractivity contribution < 1.29 is 4.42 Å². The lowest BCUT2D eigenvalue weighted by Crippen LogP contribution is -2.01. The molecule has 2 aromatic carbocycles. The van der Waals surface area contributed by atoms with E-state index in [1.807, 2.05) is 41.8 Å². The molecule has 0 saturated carbocycles. The van der Waals surface area contributed by atoms with Gasteiger partial charge < -0.3 is 4.42 Å². The minimum atomic E-state index is 0.0416. The van der Waals surface area contributed by atoms with Gasteiger partial charge in [0.25, 0.3) is 0 Å². The van der Waals surface area contributed by atoms with E-state index in [1.165, 1.54) is 0 Å². The Morgan fingerprint density at radius 1 is 0.944 bits per heavy atom. The molecule has 0 spiro atoms. The van der Waals surface area contributed by atoms with Crippen molar-refractivity contribution in [2.24, 2.45) is 0 Å². The van der Waals surface area contributed by atoms with Gasteiger partial charge >= 0.3 is 0 Å². The van der Waals surface area contributed by atoms with E-state index >= 15 is 0 Å². The Bertz CT molecular complexity index is 947. The van der Waals surface area contributed by atoms with E-state index in [-0.39, 0.29) is 5.43 Å². The normalized spacial score (nSPS) is 11.6. The molecule has 18 heavy (non-hydrogen) atoms. The van der Waals surface area contributed by atoms with Crippen LogP contribution in [0.15, 0.2) is 57.1 Å². The van der Waals surface area contributed by atoms with Crippen LogP contribution in [0.4, 0.5) is 0 Å². The van der Waals surface area contributed by atoms with Crippen molar-refractivity contribution in [3.05, 3.63) is 58.1 Å². The zero-order chi connectivity index (χ0) is 12.1. The maximum Gasteiger partial charge on any atom is 0.200 e. The van der Waals surface area contributed by atoms with Crippen LogP contribution < -0.4 is 5.43 Å². The second kappa shape index (κ2) is 3.43. The maximum absolute atomic E-state index is 12.4. The molecule has 0 amide bonds. The number of rotatable bonds is 0. The predicted molar refractivity (Wildman–Crippen MR) is 75.4 cm³/mol. The van der Waals surface area contributed by atoms with Crippen LogP contribution in [0.3, 0.4) is 0 Å². The summed E-state index contributed by atoms with van der Waals surface area (Å²) < 4.78 is 6.95. The number of fused-ring (bicyclic) bond motifs is 3. The molecule has 0 saturated heterocycles. The van der Waals surface area contributed by atoms with Crippen LogP contribution in [0, 0.1) is 0 Å². The van der Waals surface area contributed by atoms with Gasteiger partial charge in [0, 0.05) is 4.70 Å². The highest BCUT2D eigenvalue weighted by Crippen LogP contribution is 2.27. The molecule has 0 N–H and O–H groups in total. The smallest absolute Gasteiger partial charge is 0.200 e. The topological polar surface area (TPSA) is 30.2 Å². The van der Waals surface area contributed by atoms with E-state index < -0.39 is 0 Å². The Morgan fingerprint density at radius 2 is 1.83 bits per heavy atom. The highest BCUT2D eigenvalue weighted by atomic mass is 32.1. The van der Waals surface area contributed by atoms with E-state index in [0.717, 1.165) is 10.1 Å². The molecule has 3 heteroatoms. The van der Waals surface area contributed by atoms with Crippen LogP contribution in [0.2, 0.25) is 0 Å². The Labute approximate surface area is 106 Å². The minimum Gasteiger partial charge on any atom is -0.456 e. The molecular weight excluding hydrogens is 244 g/mol. The zero-order valence-electron chi connectivity index (χ0n) is 9.34. The summed E-state index contributed by atoms with van der Waals surface area (Å²) in [6, 6.07) is 13.2. The maximum atomic E-state index is 12.4. The molecule has 2 nitrogen and oxygen atoms in total. The number of para-hydroxylation sites is 1. The first-order chi connectivity index (χ1) is 8.83. The third-order valence-corrected chi connectivity index (χ3v) is 4.03. The first-order valence-electron chi connectivity index (χ1n) is 5.66. The summed E-state index contributed by atoms with van der Waals surface area (Å²) in [5.41, 5.74) is 1.35. The molecule has 0 aliphatic heterocycles. The molecular formula is C15H8O2S. The highest BCUT2D eigenvalue weighted by molar-refractivity contribution is 7.17. The zero-order valence-corrected chi connectivity index (χ0v) is 10.2. The Balaban J connectivity index is 2.33. The van der Waals surface area contributed by atoms with Gasteiger partial charge in [0.2, 0.25) is 5.43 Å². The van der Waals surface area contributed by atoms with Crippen molar-refractivity contribution in [1.82, 2.24) is 0 Å². The SMILES string of the molecule is O=c1c2ccccc2oc2cc3sccc3cc12. The van der Waals surface area contributed by atoms with Gasteiger partial charge in [0.1, 0.15) is 11.2 Å². The van der Waals surface area contributed by atoms with Gasteiger partial charge in [-0.05, 0) is 41.1 Å². The number of hydrogen-bond acceptors (Lipinski definition) is 3. The van der Waals surface area contributed by atoms with Crippen molar-refractivity contribution >= 4 is 43.4 Å². The van der Waals surface area contributed by atoms with E-state index in [0.29, 0.717) is 21.9 Å². The fourth-order valence-corrected chi connectivity index (χ4v) is 3.06. The van der Waals surface area contributed by atoms with Crippen LogP contribution in [-0.4, -0.2) is 0 Å². The van der Waals surface area contributed by atoms with E-state index in [2.05, 4.69) is 0 Å². The van der Waals surface area contributed by atoms with Crippen LogP contribution in [-0.2, 0) is 0 Å². The van der Waals surface area contributed by atoms with Gasteiger partial charge in [-0.15, -0.1) is 11.3 Å². The molecule has 0 unspecified atom stereocenters. The standard InChI is InChI=1S/C15H8O2S/c16-15-10-3-1-2-4-12(10)17-13-8-14-9(5-6-18-14)7-11(13)15/h1-8H. The van der Waals surface area contributed by atoms with Crippen molar-refractivity contribution in [2.45, 2.75) is 0 Å². The third kappa shape index (κ3) is 1.25. The predicted octanol–water partition coefficient (Wildman–Crippen LogP) is 4.16. The summed E-state index contributed by atoms with van der Waals surface area (Å²) in [6.07, 6.45) is 0. The lowest BCUT2D eigenvalue weighted by atomic mass is 10.1. The highest BCUT2D eigenvalue weighted by Gasteiger charge is 2.08. The van der Waals surface area contributed by atoms with Crippen LogP contribution >= 0.6 is 11.3 Å². The molecule has 0 bridgehead atoms. The van der Waals surface area contributed by atoms with E-state index in [1.54, 1.807) is 17.4 Å². The molecule has 0 radical (unpaired) electrons. The molecule has 0 aliphatic carbocycles. The Kier molecular flexibility index (Phi) is 1.88. The first-order valence-corrected chi connectivity index (χ1v) is 6.54. The Morgan fingerprint density at radius 3 is 2.78 bits per heavy atom. The van der Waals surface area contributed by atoms with Crippen molar-refractivity contribution in [2.75, 3.05) is 0 Å². The number of hydrogen-bond donors (Lipinski definition) is 0. The van der Waals surface area contributed by atoms with Crippen molar-refractivity contribution in [3.8, 4) is 0 Å². The lowest BCUT2D eigenvalue weighted by molar-refractivity contribution is 0.660. The molecule has 4 aromatic rings. The Hall–Kier alpha value is -2.13. The lowest BCUT2D eigenvalue weighted by Gasteiger charge is -2.01. The molecule has 2 heterocycles. The average Bonchev–Trinajstić information content (AvgIpc) is 2.84. The number of benzene rings is 2. The summed E-state index contributed by atoms with van der Waals surface area (Å²) in [7, 11) is 0. The molecule has 0 fully saturated rings. The van der Waals surface area contributed by atoms with Gasteiger partial charge in [-0.2, -0.15) is 0 Å². The van der Waals surface area contributed by atoms with Crippen LogP contribution in [0.5, 0.6) is 0 Å². The molecule has 86 valence electrons. The number of thiophene rings is 1. The molecule has 4 rings (SSSR count). The molecule has 2 aromatic heterocycles. The van der Waals surface area contributed by atoms with E-state index in [9.17, 15) is 4.79 Å². The van der Waals surface area contributed by atoms with Gasteiger partial charge in [-0.25, -0.2) is 0 Å². The summed E-state index contributed by atoms with van der Waals surface area (Å²) in [4.78, 5) is 12.4. The third-order valence-electron chi connectivity index (χ3n) is 3.15. The van der Waals surface area contributed by atoms with Gasteiger partial charge in [0.05, 0.1) is 10.8 Å². The fourth-order valence-electron chi connectivity index (χ4n) is 2.26. The van der Waals surface area contributed by atoms with Gasteiger partial charge in [0.15, 0.2) is 0 Å². The van der Waals surface area contributed by atoms with Gasteiger partial charge in [-0.1, -0.05) is 12.1 Å². The molecule has 0 aliphatic rings.